The van der Waals surface area contributed by atoms with Crippen LogP contribution >= 0.6 is 0 Å². The largest absolute Gasteiger partial charge is 0.0992 e. The number of aryl methyl sites for hydroxylation is 1. The van der Waals surface area contributed by atoms with Gasteiger partial charge in [-0.3, -0.25) is 0 Å². The fourth-order valence-electron chi connectivity index (χ4n) is 6.91. The predicted octanol–water partition coefficient (Wildman–Crippen LogP) is 8.76. The van der Waals surface area contributed by atoms with E-state index in [-0.39, 0.29) is 0 Å². The van der Waals surface area contributed by atoms with Gasteiger partial charge < -0.3 is 0 Å². The quantitative estimate of drug-likeness (QED) is 0.389. The van der Waals surface area contributed by atoms with E-state index in [0.29, 0.717) is 5.92 Å². The zero-order chi connectivity index (χ0) is 22.9. The number of benzene rings is 2. The Balaban J connectivity index is 1.12. The minimum absolute atomic E-state index is 0.620. The van der Waals surface area contributed by atoms with E-state index in [1.165, 1.54) is 96.8 Å². The SMILES string of the molecule is C=C(CC1=CCC=C1C1=Cc2cc(CC3CCCCC3)ccc2C1)C1CCc2ccccc2C1. The predicted molar refractivity (Wildman–Crippen MR) is 145 cm³/mol. The number of fused-ring (bicyclic) bond motifs is 2. The monoisotopic (exact) mass is 446 g/mol. The summed E-state index contributed by atoms with van der Waals surface area (Å²) < 4.78 is 0. The van der Waals surface area contributed by atoms with Crippen molar-refractivity contribution in [1.29, 1.82) is 0 Å². The van der Waals surface area contributed by atoms with Crippen molar-refractivity contribution in [2.75, 3.05) is 0 Å². The van der Waals surface area contributed by atoms with E-state index in [1.807, 2.05) is 0 Å². The van der Waals surface area contributed by atoms with E-state index >= 15 is 0 Å². The molecule has 6 rings (SSSR count). The average Bonchev–Trinajstić information content (AvgIpc) is 3.50. The van der Waals surface area contributed by atoms with Crippen molar-refractivity contribution in [2.45, 2.75) is 77.0 Å². The van der Waals surface area contributed by atoms with Gasteiger partial charge in [-0.25, -0.2) is 0 Å². The molecule has 1 atom stereocenters. The van der Waals surface area contributed by atoms with E-state index in [2.05, 4.69) is 67.3 Å². The van der Waals surface area contributed by atoms with E-state index in [0.717, 1.165) is 25.2 Å². The molecule has 2 aromatic carbocycles. The molecule has 1 unspecified atom stereocenters. The Morgan fingerprint density at radius 3 is 2.62 bits per heavy atom. The number of hydrogen-bond acceptors (Lipinski definition) is 0. The maximum atomic E-state index is 4.59. The van der Waals surface area contributed by atoms with E-state index in [4.69, 9.17) is 0 Å². The van der Waals surface area contributed by atoms with Crippen LogP contribution in [0.4, 0.5) is 0 Å². The number of rotatable bonds is 6. The molecule has 0 radical (unpaired) electrons. The lowest BCUT2D eigenvalue weighted by Gasteiger charge is -2.27. The lowest BCUT2D eigenvalue weighted by molar-refractivity contribution is 0.356. The third-order valence-electron chi connectivity index (χ3n) is 8.89. The smallest absolute Gasteiger partial charge is 0.00137 e. The topological polar surface area (TPSA) is 0 Å². The van der Waals surface area contributed by atoms with Gasteiger partial charge in [0.25, 0.3) is 0 Å². The van der Waals surface area contributed by atoms with E-state index < -0.39 is 0 Å². The zero-order valence-corrected chi connectivity index (χ0v) is 20.6. The van der Waals surface area contributed by atoms with Gasteiger partial charge in [-0.2, -0.15) is 0 Å². The van der Waals surface area contributed by atoms with Gasteiger partial charge in [-0.15, -0.1) is 0 Å². The van der Waals surface area contributed by atoms with Crippen molar-refractivity contribution in [3.63, 3.8) is 0 Å². The van der Waals surface area contributed by atoms with Crippen LogP contribution in [0.3, 0.4) is 0 Å². The molecule has 0 amide bonds. The van der Waals surface area contributed by atoms with Gasteiger partial charge in [0.2, 0.25) is 0 Å². The van der Waals surface area contributed by atoms with Crippen LogP contribution in [0, 0.1) is 11.8 Å². The van der Waals surface area contributed by atoms with Crippen molar-refractivity contribution < 1.29 is 0 Å². The Morgan fingerprint density at radius 1 is 0.882 bits per heavy atom. The van der Waals surface area contributed by atoms with Gasteiger partial charge in [0.15, 0.2) is 0 Å². The van der Waals surface area contributed by atoms with Gasteiger partial charge in [-0.05, 0) is 101 Å². The second kappa shape index (κ2) is 9.57. The molecule has 0 aromatic heterocycles. The highest BCUT2D eigenvalue weighted by atomic mass is 14.3. The van der Waals surface area contributed by atoms with Gasteiger partial charge in [-0.1, -0.05) is 105 Å². The number of allylic oxidation sites excluding steroid dienone is 6. The maximum absolute atomic E-state index is 4.59. The summed E-state index contributed by atoms with van der Waals surface area (Å²) >= 11 is 0. The normalized spacial score (nSPS) is 22.0. The molecular weight excluding hydrogens is 408 g/mol. The second-order valence-corrected chi connectivity index (χ2v) is 11.2. The molecule has 0 spiro atoms. The van der Waals surface area contributed by atoms with Gasteiger partial charge in [0, 0.05) is 0 Å². The third kappa shape index (κ3) is 4.52. The summed E-state index contributed by atoms with van der Waals surface area (Å²) in [6.07, 6.45) is 22.7. The molecule has 0 aliphatic heterocycles. The summed E-state index contributed by atoms with van der Waals surface area (Å²) in [5.41, 5.74) is 13.6. The standard InChI is InChI=1S/C34H38/c1-24(28-17-16-27-10-5-6-11-29(27)21-28)18-31-12-7-13-34(31)33-22-30-15-14-26(20-32(30)23-33)19-25-8-3-2-4-9-25/h5-6,10-15,20,23,25,28H,1-4,7-9,16-19,21-22H2. The highest BCUT2D eigenvalue weighted by Gasteiger charge is 2.25. The van der Waals surface area contributed by atoms with Crippen molar-refractivity contribution >= 4 is 6.08 Å². The summed E-state index contributed by atoms with van der Waals surface area (Å²) in [7, 11) is 0. The molecule has 4 aliphatic rings. The maximum Gasteiger partial charge on any atom is -0.00137 e. The molecule has 4 aliphatic carbocycles. The molecule has 34 heavy (non-hydrogen) atoms. The van der Waals surface area contributed by atoms with Gasteiger partial charge >= 0.3 is 0 Å². The Hall–Kier alpha value is -2.60. The summed E-state index contributed by atoms with van der Waals surface area (Å²) in [4.78, 5) is 0. The lowest BCUT2D eigenvalue weighted by Crippen LogP contribution is -2.16. The van der Waals surface area contributed by atoms with E-state index in [9.17, 15) is 0 Å². The van der Waals surface area contributed by atoms with Crippen molar-refractivity contribution in [3.05, 3.63) is 111 Å². The molecule has 174 valence electrons. The fraction of sp³-hybridized carbons (Fsp3) is 0.412. The molecule has 0 saturated heterocycles. The summed E-state index contributed by atoms with van der Waals surface area (Å²) in [5, 5.41) is 0. The zero-order valence-electron chi connectivity index (χ0n) is 20.6. The van der Waals surface area contributed by atoms with Crippen LogP contribution in [0.2, 0.25) is 0 Å². The Kier molecular flexibility index (Phi) is 6.16. The average molecular weight is 447 g/mol. The van der Waals surface area contributed by atoms with Crippen molar-refractivity contribution in [3.8, 4) is 0 Å². The molecule has 2 aromatic rings. The van der Waals surface area contributed by atoms with Crippen LogP contribution in [0.5, 0.6) is 0 Å². The first-order chi connectivity index (χ1) is 16.7. The Morgan fingerprint density at radius 2 is 1.74 bits per heavy atom. The van der Waals surface area contributed by atoms with Crippen LogP contribution in [0.15, 0.2) is 83.5 Å². The highest BCUT2D eigenvalue weighted by Crippen LogP contribution is 2.40. The summed E-state index contributed by atoms with van der Waals surface area (Å²) in [6, 6.07) is 16.3. The van der Waals surface area contributed by atoms with Gasteiger partial charge in [0.05, 0.1) is 0 Å². The molecule has 0 heteroatoms. The number of hydrogen-bond donors (Lipinski definition) is 0. The van der Waals surface area contributed by atoms with Crippen LogP contribution in [0.1, 0.15) is 79.2 Å². The Labute approximate surface area is 206 Å². The molecule has 0 nitrogen and oxygen atoms in total. The summed E-state index contributed by atoms with van der Waals surface area (Å²) in [5.74, 6) is 1.52. The fourth-order valence-corrected chi connectivity index (χ4v) is 6.91. The lowest BCUT2D eigenvalue weighted by atomic mass is 9.78. The second-order valence-electron chi connectivity index (χ2n) is 11.2. The van der Waals surface area contributed by atoms with Crippen LogP contribution in [-0.4, -0.2) is 0 Å². The molecule has 0 heterocycles. The van der Waals surface area contributed by atoms with Crippen LogP contribution in [0.25, 0.3) is 6.08 Å². The summed E-state index contributed by atoms with van der Waals surface area (Å²) in [6.45, 7) is 4.59. The minimum Gasteiger partial charge on any atom is -0.0992 e. The molecule has 0 bridgehead atoms. The minimum atomic E-state index is 0.620. The van der Waals surface area contributed by atoms with Crippen LogP contribution < -0.4 is 0 Å². The third-order valence-corrected chi connectivity index (χ3v) is 8.89. The van der Waals surface area contributed by atoms with E-state index in [1.54, 1.807) is 11.1 Å². The molecule has 1 fully saturated rings. The Bertz CT molecular complexity index is 1180. The van der Waals surface area contributed by atoms with Gasteiger partial charge in [0.1, 0.15) is 0 Å². The molecule has 0 N–H and O–H groups in total. The molecular formula is C34H38. The highest BCUT2D eigenvalue weighted by molar-refractivity contribution is 5.72. The van der Waals surface area contributed by atoms with Crippen molar-refractivity contribution in [2.24, 2.45) is 11.8 Å². The van der Waals surface area contributed by atoms with Crippen molar-refractivity contribution in [1.82, 2.24) is 0 Å². The first kappa shape index (κ1) is 21.9. The first-order valence-electron chi connectivity index (χ1n) is 13.7. The molecule has 1 saturated carbocycles. The van der Waals surface area contributed by atoms with Crippen LogP contribution in [-0.2, 0) is 25.7 Å². The first-order valence-corrected chi connectivity index (χ1v) is 13.7.